The van der Waals surface area contributed by atoms with Crippen LogP contribution < -0.4 is 268 Å². The minimum absolute atomic E-state index is 0. The maximum atomic E-state index is 14.7. The summed E-state index contributed by atoms with van der Waals surface area (Å²) < 4.78 is 331. The fourth-order valence-corrected chi connectivity index (χ4v) is 14.4. The molecule has 2 saturated heterocycles. The second kappa shape index (κ2) is 47.6. The van der Waals surface area contributed by atoms with Crippen molar-refractivity contribution >= 4 is 107 Å². The minimum Gasteiger partial charge on any atom is -0.828 e. The summed E-state index contributed by atoms with van der Waals surface area (Å²) >= 11 is 0. The minimum atomic E-state index is -6.22. The Hall–Kier alpha value is 1.56. The smallest absolute Gasteiger partial charge is 0.828 e. The molecule has 0 bridgehead atoms. The van der Waals surface area contributed by atoms with Crippen molar-refractivity contribution < 1.29 is 413 Å². The predicted octanol–water partition coefficient (Wildman–Crippen LogP) is -29.3. The van der Waals surface area contributed by atoms with Crippen molar-refractivity contribution in [2.45, 2.75) is 126 Å². The van der Waals surface area contributed by atoms with E-state index in [2.05, 4.69) is 38.8 Å². The van der Waals surface area contributed by atoms with Gasteiger partial charge in [-0.05, 0) is 72.2 Å². The molecule has 2 unspecified atom stereocenters. The van der Waals surface area contributed by atoms with Crippen LogP contribution in [0.2, 0.25) is 0 Å². The van der Waals surface area contributed by atoms with Gasteiger partial charge in [-0.3, -0.25) is 53.4 Å². The van der Waals surface area contributed by atoms with Crippen LogP contribution in [0.1, 0.15) is 72.4 Å². The third kappa shape index (κ3) is 40.5. The molecule has 60 heteroatoms. The van der Waals surface area contributed by atoms with E-state index in [9.17, 15) is 133 Å². The molecule has 6 N–H and O–H groups in total. The molecule has 6 rings (SSSR count). The van der Waals surface area contributed by atoms with Crippen molar-refractivity contribution in [1.29, 1.82) is 0 Å². The normalized spacial score (nSPS) is 21.5. The molecule has 4 aromatic rings. The molecule has 0 spiro atoms. The van der Waals surface area contributed by atoms with Gasteiger partial charge in [0.2, 0.25) is 62.4 Å². The first kappa shape index (κ1) is 118. The van der Waals surface area contributed by atoms with E-state index in [-0.39, 0.29) is 259 Å². The second-order valence-corrected chi connectivity index (χ2v) is 32.2. The van der Waals surface area contributed by atoms with Crippen LogP contribution >= 0.6 is 0 Å². The third-order valence-electron chi connectivity index (χ3n) is 14.6. The Bertz CT molecular complexity index is 4460. The van der Waals surface area contributed by atoms with Crippen LogP contribution in [-0.2, 0) is 149 Å². The van der Waals surface area contributed by atoms with Crippen LogP contribution in [0.5, 0.6) is 0 Å². The zero-order valence-electron chi connectivity index (χ0n) is 61.1. The van der Waals surface area contributed by atoms with Crippen LogP contribution in [0.3, 0.4) is 0 Å². The molecular weight excluding hydrogens is 1760 g/mol. The molecule has 2 heterocycles. The average Bonchev–Trinajstić information content (AvgIpc) is 0.766. The third-order valence-corrected chi connectivity index (χ3v) is 18.2. The van der Waals surface area contributed by atoms with Crippen molar-refractivity contribution in [1.82, 2.24) is 21.3 Å². The Morgan fingerprint density at radius 1 is 0.429 bits per heavy atom. The monoisotopic (exact) mass is 1820 g/mol. The van der Waals surface area contributed by atoms with Gasteiger partial charge in [-0.25, -0.2) is 58.9 Å². The standard InChI is InChI=1S/C52H64N4O40S8.8Na/c1-49(2,27-87-97(63,64)65)41(95-103(81,82)83)47(59)55-43(39-37(93-101(75,76)77)35(91-99(69,70)71)25-51(61,89-39)23-29-11-7-5-8-12-29)53-45(57)33-19-15-31(16-20-33)32-17-21-34(22-18-32)46(58)54-44(56-48(60)42(96-104(84,85)86)50(3,4)28-88-98(66,67)68)40-38(94-102(78,79)80)36(92-100(72,73)74)26-52(62,90-40)24-30-13-9-6-10-14-30;;;;;;;;/h5-22,35-44H,23-28H2,1-4H3,(H,53,57)(H,54,58)(H,55,59)(H,56,60)(H,63,64,65)(H,66,67,68)(H,69,70,71)(H,72,73,74)(H,75,76,77)(H,78,79,80)(H,81,82,83)(H,84,85,86);;;;;;;;/q-2;8*+1/p-6/t35-,36-,37+,38+,39+,40+,41+,42+,43?,44?,51+,52+;;;;;;;;/m1......../s1. The molecule has 4 aromatic carbocycles. The molecule has 112 heavy (non-hydrogen) atoms. The van der Waals surface area contributed by atoms with Gasteiger partial charge >= 0.3 is 257 Å². The van der Waals surface area contributed by atoms with Gasteiger partial charge in [0.25, 0.3) is 23.6 Å². The molecular formula is C52H58N4Na8O40S8. The SMILES string of the molecule is CC(C)(COS(=O)(=O)[O-])[C@@H](OS(=O)(=O)[O-])C(=O)NC(NC(=O)c1ccc(-c2ccc(C(=O)NC(NC(=O)[C@H](OS(=O)(=O)O)C(C)(C)COS(=O)(=O)O)[C@H]3O[C@@]([O-])(Cc4ccccc4)C[C@@H](OS(=O)(=O)[O-])[C@@H]3OS(=O)(=O)[O-])cc2)cc1)[C@H]1O[C@@]([O-])(Cc2ccccc2)C[C@@H](OS(=O)(=O)[O-])[C@@H]1OS(=O)(=O)[O-].[Na+].[Na+].[Na+].[Na+].[Na+].[Na+].[Na+].[Na+]. The number of hydrogen-bond donors (Lipinski definition) is 6. The number of carbonyl (C=O) groups excluding carboxylic acids is 4. The van der Waals surface area contributed by atoms with Gasteiger partial charge in [0.1, 0.15) is 49.0 Å². The van der Waals surface area contributed by atoms with Gasteiger partial charge in [0.05, 0.1) is 13.2 Å². The Morgan fingerprint density at radius 2 is 0.732 bits per heavy atom. The van der Waals surface area contributed by atoms with E-state index in [0.29, 0.717) is 0 Å². The van der Waals surface area contributed by atoms with Crippen LogP contribution in [0, 0.1) is 10.8 Å². The van der Waals surface area contributed by atoms with Gasteiger partial charge in [0.15, 0.2) is 12.2 Å². The van der Waals surface area contributed by atoms with E-state index in [1.807, 2.05) is 16.0 Å². The van der Waals surface area contributed by atoms with E-state index in [1.165, 1.54) is 60.7 Å². The fourth-order valence-electron chi connectivity index (χ4n) is 10.4. The van der Waals surface area contributed by atoms with E-state index in [4.69, 9.17) is 9.47 Å². The first-order chi connectivity index (χ1) is 47.3. The van der Waals surface area contributed by atoms with Crippen molar-refractivity contribution in [3.63, 3.8) is 0 Å². The van der Waals surface area contributed by atoms with Gasteiger partial charge < -0.3 is 68.3 Å². The molecule has 44 nitrogen and oxygen atoms in total. The van der Waals surface area contributed by atoms with Crippen LogP contribution in [0.4, 0.5) is 0 Å². The van der Waals surface area contributed by atoms with Gasteiger partial charge in [-0.15, -0.1) is 0 Å². The van der Waals surface area contributed by atoms with Crippen LogP contribution in [-0.4, -0.2) is 213 Å². The molecule has 4 amide bonds. The maximum absolute atomic E-state index is 14.7. The Kier molecular flexibility index (Phi) is 50.0. The summed E-state index contributed by atoms with van der Waals surface area (Å²) in [5.41, 5.74) is -5.77. The zero-order valence-corrected chi connectivity index (χ0v) is 83.6. The molecule has 12 atom stereocenters. The van der Waals surface area contributed by atoms with Crippen molar-refractivity contribution in [3.8, 4) is 11.1 Å². The summed E-state index contributed by atoms with van der Waals surface area (Å²) in [7, 11) is -47.7. The number of nitrogens with one attached hydrogen (secondary N) is 4. The Morgan fingerprint density at radius 3 is 1.01 bits per heavy atom. The topological polar surface area (TPSA) is 707 Å². The molecule has 2 aliphatic heterocycles. The number of carbonyl (C=O) groups is 4. The van der Waals surface area contributed by atoms with Crippen molar-refractivity contribution in [2.75, 3.05) is 13.2 Å². The number of ether oxygens (including phenoxy) is 2. The number of hydrogen-bond acceptors (Lipinski definition) is 38. The van der Waals surface area contributed by atoms with Gasteiger partial charge in [-0.1, -0.05) is 113 Å². The fraction of sp³-hybridized carbons (Fsp3) is 0.462. The predicted molar refractivity (Wildman–Crippen MR) is 325 cm³/mol. The first-order valence-electron chi connectivity index (χ1n) is 28.6. The summed E-state index contributed by atoms with van der Waals surface area (Å²) in [5, 5.41) is 37.2. The number of benzene rings is 4. The van der Waals surface area contributed by atoms with Crippen LogP contribution in [0.25, 0.3) is 11.1 Å². The van der Waals surface area contributed by atoms with Gasteiger partial charge in [0, 0.05) is 33.5 Å². The molecule has 2 aliphatic rings. The largest absolute Gasteiger partial charge is 1.00 e. The first-order valence-corrected chi connectivity index (χ1v) is 39.4. The average molecular weight is 1820 g/mol. The number of amides is 4. The van der Waals surface area contributed by atoms with E-state index in [0.717, 1.165) is 76.2 Å². The summed E-state index contributed by atoms with van der Waals surface area (Å²) in [5.74, 6) is -13.3. The summed E-state index contributed by atoms with van der Waals surface area (Å²) in [4.78, 5) is 57.5. The summed E-state index contributed by atoms with van der Waals surface area (Å²) in [6.07, 6.45) is -32.6. The van der Waals surface area contributed by atoms with Crippen molar-refractivity contribution in [3.05, 3.63) is 131 Å². The van der Waals surface area contributed by atoms with Crippen molar-refractivity contribution in [2.24, 2.45) is 10.8 Å². The Labute approximate surface area is 820 Å². The van der Waals surface area contributed by atoms with Crippen LogP contribution in [0.15, 0.2) is 109 Å². The molecule has 0 aromatic heterocycles. The molecule has 0 radical (unpaired) electrons. The summed E-state index contributed by atoms with van der Waals surface area (Å²) in [6, 6.07) is 21.9. The van der Waals surface area contributed by atoms with E-state index >= 15 is 0 Å². The summed E-state index contributed by atoms with van der Waals surface area (Å²) in [6.45, 7) is 0.271. The quantitative estimate of drug-likeness (QED) is 0.0108. The second-order valence-electron chi connectivity index (χ2n) is 23.9. The maximum Gasteiger partial charge on any atom is 1.00 e. The zero-order chi connectivity index (χ0) is 78.4. The van der Waals surface area contributed by atoms with Gasteiger partial charge in [-0.2, -0.15) is 16.8 Å². The van der Waals surface area contributed by atoms with E-state index < -0.39 is 240 Å². The van der Waals surface area contributed by atoms with E-state index in [1.54, 1.807) is 0 Å². The Balaban J connectivity index is -0.0000149. The molecule has 0 aliphatic carbocycles. The molecule has 0 saturated carbocycles. The number of rotatable bonds is 35. The molecule has 2 fully saturated rings. The molecule has 582 valence electrons.